The van der Waals surface area contributed by atoms with Crippen molar-refractivity contribution in [2.45, 2.75) is 26.7 Å². The maximum Gasteiger partial charge on any atom is 0.221 e. The Morgan fingerprint density at radius 2 is 1.94 bits per heavy atom. The van der Waals surface area contributed by atoms with E-state index < -0.39 is 0 Å². The number of rotatable bonds is 4. The lowest BCUT2D eigenvalue weighted by atomic mass is 10.3. The normalized spacial score (nSPS) is 16.4. The summed E-state index contributed by atoms with van der Waals surface area (Å²) in [5, 5.41) is 0. The van der Waals surface area contributed by atoms with E-state index in [1.807, 2.05) is 13.8 Å². The average Bonchev–Trinajstić information content (AvgIpc) is 2.78. The largest absolute Gasteiger partial charge is 0.476 e. The predicted molar refractivity (Wildman–Crippen MR) is 67.1 cm³/mol. The van der Waals surface area contributed by atoms with Crippen molar-refractivity contribution in [1.82, 2.24) is 14.9 Å². The van der Waals surface area contributed by atoms with Crippen LogP contribution in [0.3, 0.4) is 0 Å². The van der Waals surface area contributed by atoms with E-state index >= 15 is 0 Å². The van der Waals surface area contributed by atoms with E-state index in [4.69, 9.17) is 10.5 Å². The highest BCUT2D eigenvalue weighted by molar-refractivity contribution is 5.44. The van der Waals surface area contributed by atoms with E-state index in [9.17, 15) is 0 Å². The van der Waals surface area contributed by atoms with Crippen molar-refractivity contribution in [3.05, 3.63) is 11.4 Å². The lowest BCUT2D eigenvalue weighted by molar-refractivity contribution is 0.230. The third-order valence-electron chi connectivity index (χ3n) is 3.10. The van der Waals surface area contributed by atoms with Gasteiger partial charge in [0.25, 0.3) is 0 Å². The summed E-state index contributed by atoms with van der Waals surface area (Å²) in [7, 11) is 0. The van der Waals surface area contributed by atoms with Crippen molar-refractivity contribution >= 4 is 5.82 Å². The van der Waals surface area contributed by atoms with Gasteiger partial charge in [0.05, 0.1) is 5.56 Å². The Balaban J connectivity index is 1.89. The predicted octanol–water partition coefficient (Wildman–Crippen LogP) is 1.15. The average molecular weight is 236 g/mol. The van der Waals surface area contributed by atoms with Crippen molar-refractivity contribution < 1.29 is 4.74 Å². The van der Waals surface area contributed by atoms with Crippen LogP contribution in [-0.2, 0) is 0 Å². The second-order valence-electron chi connectivity index (χ2n) is 4.48. The Hall–Kier alpha value is -1.36. The van der Waals surface area contributed by atoms with Crippen LogP contribution < -0.4 is 10.5 Å². The first-order valence-corrected chi connectivity index (χ1v) is 6.12. The minimum Gasteiger partial charge on any atom is -0.476 e. The highest BCUT2D eigenvalue weighted by Crippen LogP contribution is 2.19. The summed E-state index contributed by atoms with van der Waals surface area (Å²) in [6, 6.07) is 0. The van der Waals surface area contributed by atoms with Gasteiger partial charge in [0.1, 0.15) is 18.2 Å². The van der Waals surface area contributed by atoms with Gasteiger partial charge in [0.15, 0.2) is 0 Å². The molecule has 94 valence electrons. The van der Waals surface area contributed by atoms with Gasteiger partial charge in [-0.15, -0.1) is 0 Å². The van der Waals surface area contributed by atoms with E-state index in [2.05, 4.69) is 14.9 Å². The highest BCUT2D eigenvalue weighted by Gasteiger charge is 2.12. The van der Waals surface area contributed by atoms with Crippen LogP contribution in [-0.4, -0.2) is 41.1 Å². The molecule has 0 saturated carbocycles. The van der Waals surface area contributed by atoms with E-state index in [1.165, 1.54) is 25.9 Å². The lowest BCUT2D eigenvalue weighted by Gasteiger charge is -2.15. The van der Waals surface area contributed by atoms with Crippen LogP contribution in [0, 0.1) is 13.8 Å². The monoisotopic (exact) mass is 236 g/mol. The van der Waals surface area contributed by atoms with Crippen molar-refractivity contribution in [3.63, 3.8) is 0 Å². The molecule has 0 aromatic carbocycles. The zero-order valence-electron chi connectivity index (χ0n) is 10.6. The topological polar surface area (TPSA) is 64.3 Å². The van der Waals surface area contributed by atoms with E-state index in [0.717, 1.165) is 12.1 Å². The fourth-order valence-electron chi connectivity index (χ4n) is 2.04. The van der Waals surface area contributed by atoms with E-state index in [0.29, 0.717) is 24.1 Å². The van der Waals surface area contributed by atoms with Crippen LogP contribution in [0.1, 0.15) is 24.2 Å². The highest BCUT2D eigenvalue weighted by atomic mass is 16.5. The molecule has 0 unspecified atom stereocenters. The Kier molecular flexibility index (Phi) is 3.78. The maximum absolute atomic E-state index is 5.77. The number of nitrogens with zero attached hydrogens (tertiary/aromatic N) is 3. The van der Waals surface area contributed by atoms with Gasteiger partial charge in [-0.3, -0.25) is 4.90 Å². The summed E-state index contributed by atoms with van der Waals surface area (Å²) in [5.74, 6) is 1.78. The zero-order valence-corrected chi connectivity index (χ0v) is 10.6. The minimum absolute atomic E-state index is 0.508. The zero-order chi connectivity index (χ0) is 12.3. The van der Waals surface area contributed by atoms with Crippen molar-refractivity contribution in [2.75, 3.05) is 32.0 Å². The van der Waals surface area contributed by atoms with Crippen molar-refractivity contribution in [3.8, 4) is 5.88 Å². The summed E-state index contributed by atoms with van der Waals surface area (Å²) >= 11 is 0. The van der Waals surface area contributed by atoms with Gasteiger partial charge in [-0.1, -0.05) is 0 Å². The first kappa shape index (κ1) is 12.1. The number of hydrogen-bond acceptors (Lipinski definition) is 5. The van der Waals surface area contributed by atoms with Gasteiger partial charge < -0.3 is 10.5 Å². The molecular weight excluding hydrogens is 216 g/mol. The van der Waals surface area contributed by atoms with Gasteiger partial charge >= 0.3 is 0 Å². The van der Waals surface area contributed by atoms with Crippen LogP contribution in [0.4, 0.5) is 5.82 Å². The Morgan fingerprint density at radius 3 is 2.65 bits per heavy atom. The summed E-state index contributed by atoms with van der Waals surface area (Å²) in [6.45, 7) is 7.71. The van der Waals surface area contributed by atoms with Crippen LogP contribution >= 0.6 is 0 Å². The van der Waals surface area contributed by atoms with Crippen LogP contribution in [0.25, 0.3) is 0 Å². The molecule has 2 N–H and O–H groups in total. The van der Waals surface area contributed by atoms with Gasteiger partial charge in [-0.25, -0.2) is 4.98 Å². The number of nitrogens with two attached hydrogens (primary N) is 1. The molecule has 0 radical (unpaired) electrons. The molecule has 1 aromatic rings. The van der Waals surface area contributed by atoms with E-state index in [1.54, 1.807) is 0 Å². The molecule has 1 aromatic heterocycles. The Morgan fingerprint density at radius 1 is 1.24 bits per heavy atom. The minimum atomic E-state index is 0.508. The molecule has 1 aliphatic heterocycles. The molecular formula is C12H20N4O. The standard InChI is InChI=1S/C12H20N4O/c1-9-11(13)14-10(2)15-12(9)17-8-7-16-5-3-4-6-16/h3-8H2,1-2H3,(H2,13,14,15). The molecule has 5 nitrogen and oxygen atoms in total. The molecule has 0 bridgehead atoms. The molecule has 2 rings (SSSR count). The molecule has 0 atom stereocenters. The van der Waals surface area contributed by atoms with Gasteiger partial charge in [-0.2, -0.15) is 4.98 Å². The fraction of sp³-hybridized carbons (Fsp3) is 0.667. The number of aromatic nitrogens is 2. The van der Waals surface area contributed by atoms with Crippen LogP contribution in [0.2, 0.25) is 0 Å². The lowest BCUT2D eigenvalue weighted by Crippen LogP contribution is -2.25. The van der Waals surface area contributed by atoms with Crippen LogP contribution in [0.15, 0.2) is 0 Å². The Bertz CT molecular complexity index is 388. The number of hydrogen-bond donors (Lipinski definition) is 1. The smallest absolute Gasteiger partial charge is 0.221 e. The van der Waals surface area contributed by atoms with Crippen molar-refractivity contribution in [1.29, 1.82) is 0 Å². The summed E-state index contributed by atoms with van der Waals surface area (Å²) in [5.41, 5.74) is 6.60. The van der Waals surface area contributed by atoms with Gasteiger partial charge in [-0.05, 0) is 39.8 Å². The molecule has 0 spiro atoms. The summed E-state index contributed by atoms with van der Waals surface area (Å²) < 4.78 is 5.69. The van der Waals surface area contributed by atoms with Crippen molar-refractivity contribution in [2.24, 2.45) is 0 Å². The van der Waals surface area contributed by atoms with Crippen LogP contribution in [0.5, 0.6) is 5.88 Å². The summed E-state index contributed by atoms with van der Waals surface area (Å²) in [4.78, 5) is 10.8. The number of nitrogen functional groups attached to an aromatic ring is 1. The Labute approximate surface area is 102 Å². The van der Waals surface area contributed by atoms with Gasteiger partial charge in [0, 0.05) is 6.54 Å². The molecule has 17 heavy (non-hydrogen) atoms. The molecule has 2 heterocycles. The quantitative estimate of drug-likeness (QED) is 0.849. The third-order valence-corrected chi connectivity index (χ3v) is 3.10. The maximum atomic E-state index is 5.77. The number of aryl methyl sites for hydroxylation is 1. The molecule has 1 saturated heterocycles. The molecule has 1 fully saturated rings. The van der Waals surface area contributed by atoms with Gasteiger partial charge in [0.2, 0.25) is 5.88 Å². The molecule has 5 heteroatoms. The molecule has 0 aliphatic carbocycles. The number of ether oxygens (including phenoxy) is 1. The second kappa shape index (κ2) is 5.31. The fourth-order valence-corrected chi connectivity index (χ4v) is 2.04. The molecule has 0 amide bonds. The first-order chi connectivity index (χ1) is 8.16. The first-order valence-electron chi connectivity index (χ1n) is 6.12. The number of anilines is 1. The third kappa shape index (κ3) is 3.06. The molecule has 1 aliphatic rings. The summed E-state index contributed by atoms with van der Waals surface area (Å²) in [6.07, 6.45) is 2.61. The number of likely N-dealkylation sites (tertiary alicyclic amines) is 1. The van der Waals surface area contributed by atoms with E-state index in [-0.39, 0.29) is 0 Å². The second-order valence-corrected chi connectivity index (χ2v) is 4.48. The SMILES string of the molecule is Cc1nc(N)c(C)c(OCCN2CCCC2)n1.